The fourth-order valence-electron chi connectivity index (χ4n) is 1.69. The summed E-state index contributed by atoms with van der Waals surface area (Å²) in [5.74, 6) is -1.08. The standard InChI is InChI=1S/C12H22N2O4/c1-12(2,11(16)17)14(3)8-10(15)13-9-4-6-18-7-5-9/h9H,4-8H2,1-3H3,(H,13,15)(H,16,17). The number of aliphatic carboxylic acids is 1. The van der Waals surface area contributed by atoms with E-state index in [0.29, 0.717) is 13.2 Å². The predicted octanol–water partition coefficient (Wildman–Crippen LogP) is 0.0766. The van der Waals surface area contributed by atoms with Gasteiger partial charge in [0, 0.05) is 19.3 Å². The van der Waals surface area contributed by atoms with E-state index < -0.39 is 11.5 Å². The van der Waals surface area contributed by atoms with Crippen molar-refractivity contribution < 1.29 is 19.4 Å². The van der Waals surface area contributed by atoms with Crippen LogP contribution in [0.15, 0.2) is 0 Å². The van der Waals surface area contributed by atoms with Crippen LogP contribution in [0.3, 0.4) is 0 Å². The van der Waals surface area contributed by atoms with Crippen molar-refractivity contribution in [1.82, 2.24) is 10.2 Å². The van der Waals surface area contributed by atoms with Gasteiger partial charge in [0.2, 0.25) is 5.91 Å². The third-order valence-corrected chi connectivity index (χ3v) is 3.44. The normalized spacial score (nSPS) is 17.8. The molecule has 2 N–H and O–H groups in total. The summed E-state index contributed by atoms with van der Waals surface area (Å²) in [5.41, 5.74) is -1.05. The number of carboxylic acids is 1. The van der Waals surface area contributed by atoms with Crippen molar-refractivity contribution in [1.29, 1.82) is 0 Å². The monoisotopic (exact) mass is 258 g/mol. The summed E-state index contributed by atoms with van der Waals surface area (Å²) in [6.07, 6.45) is 1.63. The van der Waals surface area contributed by atoms with E-state index >= 15 is 0 Å². The maximum atomic E-state index is 11.8. The Morgan fingerprint density at radius 1 is 1.39 bits per heavy atom. The van der Waals surface area contributed by atoms with Gasteiger partial charge in [-0.2, -0.15) is 0 Å². The molecule has 0 aliphatic carbocycles. The first-order chi connectivity index (χ1) is 8.34. The van der Waals surface area contributed by atoms with Gasteiger partial charge in [0.15, 0.2) is 0 Å². The molecule has 1 aliphatic heterocycles. The fourth-order valence-corrected chi connectivity index (χ4v) is 1.69. The zero-order valence-corrected chi connectivity index (χ0v) is 11.2. The molecule has 0 atom stereocenters. The lowest BCUT2D eigenvalue weighted by Crippen LogP contribution is -2.52. The second-order valence-electron chi connectivity index (χ2n) is 5.17. The van der Waals surface area contributed by atoms with Crippen molar-refractivity contribution in [2.45, 2.75) is 38.3 Å². The summed E-state index contributed by atoms with van der Waals surface area (Å²) in [5, 5.41) is 12.0. The molecule has 18 heavy (non-hydrogen) atoms. The third-order valence-electron chi connectivity index (χ3n) is 3.44. The Labute approximate surface area is 107 Å². The van der Waals surface area contributed by atoms with Gasteiger partial charge < -0.3 is 15.2 Å². The number of likely N-dealkylation sites (N-methyl/N-ethyl adjacent to an activating group) is 1. The highest BCUT2D eigenvalue weighted by Gasteiger charge is 2.33. The molecule has 6 nitrogen and oxygen atoms in total. The summed E-state index contributed by atoms with van der Waals surface area (Å²) in [6.45, 7) is 4.58. The molecular weight excluding hydrogens is 236 g/mol. The number of carbonyl (C=O) groups excluding carboxylic acids is 1. The van der Waals surface area contributed by atoms with Gasteiger partial charge in [-0.1, -0.05) is 0 Å². The molecule has 0 aromatic rings. The highest BCUT2D eigenvalue weighted by molar-refractivity contribution is 5.81. The average molecular weight is 258 g/mol. The van der Waals surface area contributed by atoms with Crippen molar-refractivity contribution in [2.24, 2.45) is 0 Å². The molecule has 1 saturated heterocycles. The summed E-state index contributed by atoms with van der Waals surface area (Å²) >= 11 is 0. The van der Waals surface area contributed by atoms with E-state index in [1.165, 1.54) is 4.90 Å². The molecule has 0 bridgehead atoms. The quantitative estimate of drug-likeness (QED) is 0.730. The van der Waals surface area contributed by atoms with Gasteiger partial charge in [-0.25, -0.2) is 0 Å². The lowest BCUT2D eigenvalue weighted by molar-refractivity contribution is -0.149. The van der Waals surface area contributed by atoms with E-state index in [-0.39, 0.29) is 18.5 Å². The number of carbonyl (C=O) groups is 2. The van der Waals surface area contributed by atoms with Gasteiger partial charge in [-0.15, -0.1) is 0 Å². The SMILES string of the molecule is CN(CC(=O)NC1CCOCC1)C(C)(C)C(=O)O. The van der Waals surface area contributed by atoms with Crippen molar-refractivity contribution in [3.63, 3.8) is 0 Å². The third kappa shape index (κ3) is 3.96. The van der Waals surface area contributed by atoms with E-state index in [1.54, 1.807) is 20.9 Å². The summed E-state index contributed by atoms with van der Waals surface area (Å²) < 4.78 is 5.21. The van der Waals surface area contributed by atoms with Gasteiger partial charge in [-0.3, -0.25) is 14.5 Å². The van der Waals surface area contributed by atoms with E-state index in [9.17, 15) is 9.59 Å². The number of nitrogens with one attached hydrogen (secondary N) is 1. The van der Waals surface area contributed by atoms with Crippen LogP contribution in [-0.2, 0) is 14.3 Å². The van der Waals surface area contributed by atoms with Gasteiger partial charge in [0.25, 0.3) is 0 Å². The minimum atomic E-state index is -1.05. The maximum absolute atomic E-state index is 11.8. The first kappa shape index (κ1) is 14.9. The zero-order valence-electron chi connectivity index (χ0n) is 11.2. The molecule has 0 spiro atoms. The second kappa shape index (κ2) is 6.15. The molecule has 1 fully saturated rings. The number of rotatable bonds is 5. The smallest absolute Gasteiger partial charge is 0.323 e. The van der Waals surface area contributed by atoms with Crippen LogP contribution in [-0.4, -0.2) is 60.3 Å². The molecule has 0 aromatic carbocycles. The Morgan fingerprint density at radius 3 is 2.44 bits per heavy atom. The van der Waals surface area contributed by atoms with Crippen LogP contribution in [0.2, 0.25) is 0 Å². The Morgan fingerprint density at radius 2 is 1.94 bits per heavy atom. The summed E-state index contributed by atoms with van der Waals surface area (Å²) in [4.78, 5) is 24.4. The summed E-state index contributed by atoms with van der Waals surface area (Å²) in [7, 11) is 1.64. The van der Waals surface area contributed by atoms with Gasteiger partial charge >= 0.3 is 5.97 Å². The van der Waals surface area contributed by atoms with E-state index in [4.69, 9.17) is 9.84 Å². The Kier molecular flexibility index (Phi) is 5.10. The van der Waals surface area contributed by atoms with E-state index in [0.717, 1.165) is 12.8 Å². The molecule has 0 unspecified atom stereocenters. The molecule has 104 valence electrons. The molecule has 1 rings (SSSR count). The molecule has 1 amide bonds. The van der Waals surface area contributed by atoms with E-state index in [2.05, 4.69) is 5.32 Å². The predicted molar refractivity (Wildman–Crippen MR) is 66.3 cm³/mol. The van der Waals surface area contributed by atoms with Crippen LogP contribution in [0.1, 0.15) is 26.7 Å². The number of carboxylic acid groups (broad SMARTS) is 1. The lowest BCUT2D eigenvalue weighted by atomic mass is 10.0. The van der Waals surface area contributed by atoms with Crippen LogP contribution >= 0.6 is 0 Å². The molecule has 6 heteroatoms. The number of ether oxygens (including phenoxy) is 1. The van der Waals surface area contributed by atoms with Crippen molar-refractivity contribution in [2.75, 3.05) is 26.8 Å². The number of nitrogens with zero attached hydrogens (tertiary/aromatic N) is 1. The molecule has 1 aliphatic rings. The Balaban J connectivity index is 2.41. The largest absolute Gasteiger partial charge is 0.480 e. The van der Waals surface area contributed by atoms with Gasteiger partial charge in [-0.05, 0) is 33.7 Å². The van der Waals surface area contributed by atoms with Crippen molar-refractivity contribution in [3.8, 4) is 0 Å². The van der Waals surface area contributed by atoms with Crippen molar-refractivity contribution in [3.05, 3.63) is 0 Å². The average Bonchev–Trinajstić information content (AvgIpc) is 2.29. The molecule has 0 aromatic heterocycles. The first-order valence-electron chi connectivity index (χ1n) is 6.15. The molecule has 0 saturated carbocycles. The molecule has 0 radical (unpaired) electrons. The first-order valence-corrected chi connectivity index (χ1v) is 6.15. The highest BCUT2D eigenvalue weighted by atomic mass is 16.5. The van der Waals surface area contributed by atoms with Crippen LogP contribution in [0.4, 0.5) is 0 Å². The van der Waals surface area contributed by atoms with Gasteiger partial charge in [0.05, 0.1) is 6.54 Å². The Hall–Kier alpha value is -1.14. The van der Waals surface area contributed by atoms with Crippen LogP contribution < -0.4 is 5.32 Å². The van der Waals surface area contributed by atoms with Crippen LogP contribution in [0, 0.1) is 0 Å². The lowest BCUT2D eigenvalue weighted by Gasteiger charge is -2.31. The topological polar surface area (TPSA) is 78.9 Å². The van der Waals surface area contributed by atoms with Crippen molar-refractivity contribution >= 4 is 11.9 Å². The fraction of sp³-hybridized carbons (Fsp3) is 0.833. The zero-order chi connectivity index (χ0) is 13.8. The molecular formula is C12H22N2O4. The number of amides is 1. The second-order valence-corrected chi connectivity index (χ2v) is 5.17. The number of hydrogen-bond donors (Lipinski definition) is 2. The maximum Gasteiger partial charge on any atom is 0.323 e. The van der Waals surface area contributed by atoms with Gasteiger partial charge in [0.1, 0.15) is 5.54 Å². The van der Waals surface area contributed by atoms with E-state index in [1.807, 2.05) is 0 Å². The number of hydrogen-bond acceptors (Lipinski definition) is 4. The highest BCUT2D eigenvalue weighted by Crippen LogP contribution is 2.12. The molecule has 1 heterocycles. The minimum Gasteiger partial charge on any atom is -0.480 e. The minimum absolute atomic E-state index is 0.0800. The van der Waals surface area contributed by atoms with Crippen LogP contribution in [0.25, 0.3) is 0 Å². The Bertz CT molecular complexity index is 311. The van der Waals surface area contributed by atoms with Crippen LogP contribution in [0.5, 0.6) is 0 Å². The summed E-state index contributed by atoms with van der Waals surface area (Å²) in [6, 6.07) is 0.146.